The number of nitrogens with zero attached hydrogens (tertiary/aromatic N) is 4. The van der Waals surface area contributed by atoms with Crippen molar-refractivity contribution in [1.82, 2.24) is 19.9 Å². The average molecular weight is 384 g/mol. The summed E-state index contributed by atoms with van der Waals surface area (Å²) in [7, 11) is 1.46. The van der Waals surface area contributed by atoms with Crippen molar-refractivity contribution in [3.8, 4) is 5.88 Å². The van der Waals surface area contributed by atoms with Gasteiger partial charge in [-0.1, -0.05) is 6.07 Å². The maximum absolute atomic E-state index is 14.5. The van der Waals surface area contributed by atoms with E-state index in [-0.39, 0.29) is 12.5 Å². The molecule has 144 valence electrons. The van der Waals surface area contributed by atoms with E-state index in [2.05, 4.69) is 30.6 Å². The van der Waals surface area contributed by atoms with E-state index < -0.39 is 11.8 Å². The van der Waals surface area contributed by atoms with Gasteiger partial charge in [-0.3, -0.25) is 0 Å². The Labute approximate surface area is 160 Å². The number of hydrogen-bond acceptors (Lipinski definition) is 7. The minimum absolute atomic E-state index is 0.0916. The van der Waals surface area contributed by atoms with Gasteiger partial charge in [0.15, 0.2) is 0 Å². The van der Waals surface area contributed by atoms with E-state index in [9.17, 15) is 8.78 Å². The molecule has 1 aliphatic heterocycles. The zero-order valence-corrected chi connectivity index (χ0v) is 15.1. The summed E-state index contributed by atoms with van der Waals surface area (Å²) >= 11 is 0. The van der Waals surface area contributed by atoms with Gasteiger partial charge in [0.05, 0.1) is 13.3 Å². The van der Waals surface area contributed by atoms with E-state index in [0.717, 1.165) is 17.6 Å². The lowest BCUT2D eigenvalue weighted by Gasteiger charge is -2.12. The molecule has 0 amide bonds. The highest BCUT2D eigenvalue weighted by molar-refractivity contribution is 5.51. The predicted molar refractivity (Wildman–Crippen MR) is 99.2 cm³/mol. The molecule has 0 spiro atoms. The van der Waals surface area contributed by atoms with Crippen molar-refractivity contribution in [3.05, 3.63) is 65.4 Å². The van der Waals surface area contributed by atoms with Crippen LogP contribution in [-0.2, 0) is 13.0 Å². The Bertz CT molecular complexity index is 1000. The van der Waals surface area contributed by atoms with Crippen molar-refractivity contribution in [3.63, 3.8) is 0 Å². The molecule has 3 aromatic rings. The number of aromatic nitrogens is 4. The number of anilines is 2. The number of hydrogen-bond donors (Lipinski definition) is 2. The predicted octanol–water partition coefficient (Wildman–Crippen LogP) is 2.92. The molecular formula is C19H18F2N6O. The van der Waals surface area contributed by atoms with Gasteiger partial charge >= 0.3 is 0 Å². The van der Waals surface area contributed by atoms with Gasteiger partial charge in [0, 0.05) is 41.9 Å². The molecule has 0 bridgehead atoms. The number of fused-ring (bicyclic) bond motifs is 1. The molecule has 4 rings (SSSR count). The van der Waals surface area contributed by atoms with Gasteiger partial charge in [-0.25, -0.2) is 24.3 Å². The summed E-state index contributed by atoms with van der Waals surface area (Å²) in [5.41, 5.74) is 2.01. The fourth-order valence-corrected chi connectivity index (χ4v) is 3.24. The molecule has 0 aliphatic carbocycles. The second-order valence-electron chi connectivity index (χ2n) is 6.43. The van der Waals surface area contributed by atoms with E-state index in [1.165, 1.54) is 19.5 Å². The number of nitrogens with one attached hydrogen (secondary N) is 2. The first-order valence-electron chi connectivity index (χ1n) is 8.75. The third-order valence-electron chi connectivity index (χ3n) is 4.63. The van der Waals surface area contributed by atoms with Crippen molar-refractivity contribution in [2.24, 2.45) is 0 Å². The molecule has 0 saturated heterocycles. The van der Waals surface area contributed by atoms with E-state index in [1.807, 2.05) is 0 Å². The highest BCUT2D eigenvalue weighted by atomic mass is 19.1. The smallest absolute Gasteiger partial charge is 0.218 e. The minimum atomic E-state index is -0.542. The van der Waals surface area contributed by atoms with E-state index >= 15 is 0 Å². The molecule has 0 aromatic carbocycles. The molecular weight excluding hydrogens is 366 g/mol. The summed E-state index contributed by atoms with van der Waals surface area (Å²) in [5, 5.41) is 6.17. The maximum atomic E-state index is 14.5. The fourth-order valence-electron chi connectivity index (χ4n) is 3.24. The molecule has 0 saturated carbocycles. The van der Waals surface area contributed by atoms with Crippen LogP contribution < -0.4 is 15.4 Å². The third-order valence-corrected chi connectivity index (χ3v) is 4.63. The zero-order valence-electron chi connectivity index (χ0n) is 15.1. The molecule has 2 N–H and O–H groups in total. The Morgan fingerprint density at radius 2 is 2.11 bits per heavy atom. The first-order chi connectivity index (χ1) is 13.6. The van der Waals surface area contributed by atoms with E-state index in [4.69, 9.17) is 4.74 Å². The third kappa shape index (κ3) is 3.68. The molecule has 1 aliphatic rings. The van der Waals surface area contributed by atoms with E-state index in [0.29, 0.717) is 35.8 Å². The monoisotopic (exact) mass is 384 g/mol. The number of pyridine rings is 2. The van der Waals surface area contributed by atoms with Crippen LogP contribution in [0.5, 0.6) is 5.88 Å². The second kappa shape index (κ2) is 7.71. The molecule has 28 heavy (non-hydrogen) atoms. The number of methoxy groups -OCH3 is 1. The van der Waals surface area contributed by atoms with Crippen molar-refractivity contribution in [2.45, 2.75) is 18.9 Å². The van der Waals surface area contributed by atoms with Crippen LogP contribution in [0.25, 0.3) is 0 Å². The summed E-state index contributed by atoms with van der Waals surface area (Å²) < 4.78 is 33.0. The maximum Gasteiger partial charge on any atom is 0.218 e. The first-order valence-corrected chi connectivity index (χ1v) is 8.75. The number of halogens is 2. The largest absolute Gasteiger partial charge is 0.481 e. The molecule has 9 heteroatoms. The molecule has 4 heterocycles. The normalized spacial score (nSPS) is 15.0. The summed E-state index contributed by atoms with van der Waals surface area (Å²) in [6.45, 7) is 0.886. The Morgan fingerprint density at radius 3 is 2.93 bits per heavy atom. The Hall–Kier alpha value is -3.36. The van der Waals surface area contributed by atoms with Gasteiger partial charge in [0.1, 0.15) is 23.8 Å². The Morgan fingerprint density at radius 1 is 1.21 bits per heavy atom. The summed E-state index contributed by atoms with van der Waals surface area (Å²) in [4.78, 5) is 16.1. The average Bonchev–Trinajstić information content (AvgIpc) is 3.11. The van der Waals surface area contributed by atoms with Crippen LogP contribution >= 0.6 is 0 Å². The molecule has 1 atom stereocenters. The van der Waals surface area contributed by atoms with Crippen LogP contribution in [0, 0.1) is 11.8 Å². The molecule has 0 radical (unpaired) electrons. The Kier molecular flexibility index (Phi) is 4.96. The molecule has 0 fully saturated rings. The quantitative estimate of drug-likeness (QED) is 0.632. The van der Waals surface area contributed by atoms with Crippen molar-refractivity contribution in [2.75, 3.05) is 24.3 Å². The van der Waals surface area contributed by atoms with Crippen LogP contribution in [0.15, 0.2) is 36.9 Å². The lowest BCUT2D eigenvalue weighted by molar-refractivity contribution is 0.391. The highest BCUT2D eigenvalue weighted by Gasteiger charge is 2.24. The van der Waals surface area contributed by atoms with Crippen LogP contribution in [0.3, 0.4) is 0 Å². The van der Waals surface area contributed by atoms with Crippen molar-refractivity contribution >= 4 is 11.6 Å². The molecule has 3 aromatic heterocycles. The van der Waals surface area contributed by atoms with Crippen molar-refractivity contribution in [1.29, 1.82) is 0 Å². The number of ether oxygens (including phenoxy) is 1. The van der Waals surface area contributed by atoms with Crippen LogP contribution in [0.2, 0.25) is 0 Å². The van der Waals surface area contributed by atoms with Gasteiger partial charge in [-0.05, 0) is 18.6 Å². The highest BCUT2D eigenvalue weighted by Crippen LogP contribution is 2.31. The zero-order chi connectivity index (χ0) is 19.5. The summed E-state index contributed by atoms with van der Waals surface area (Å²) in [6.07, 6.45) is 4.82. The topological polar surface area (TPSA) is 84.9 Å². The lowest BCUT2D eigenvalue weighted by atomic mass is 9.96. The first kappa shape index (κ1) is 18.0. The van der Waals surface area contributed by atoms with Gasteiger partial charge < -0.3 is 15.4 Å². The van der Waals surface area contributed by atoms with Gasteiger partial charge in [0.25, 0.3) is 0 Å². The fraction of sp³-hybridized carbons (Fsp3) is 0.263. The summed E-state index contributed by atoms with van der Waals surface area (Å²) in [6, 6.07) is 4.71. The van der Waals surface area contributed by atoms with Gasteiger partial charge in [-0.15, -0.1) is 0 Å². The van der Waals surface area contributed by atoms with Crippen molar-refractivity contribution < 1.29 is 13.5 Å². The van der Waals surface area contributed by atoms with Gasteiger partial charge in [0.2, 0.25) is 11.8 Å². The second-order valence-corrected chi connectivity index (χ2v) is 6.43. The Balaban J connectivity index is 1.45. The molecule has 7 nitrogen and oxygen atoms in total. The SMILES string of the molecule is COc1ncc(F)cc1CNc1ccc(CC2CNc3ncncc32)c(F)n1. The van der Waals surface area contributed by atoms with Crippen LogP contribution in [0.1, 0.15) is 22.6 Å². The lowest BCUT2D eigenvalue weighted by Crippen LogP contribution is -2.09. The number of rotatable bonds is 6. The summed E-state index contributed by atoms with van der Waals surface area (Å²) in [5.74, 6) is 0.529. The van der Waals surface area contributed by atoms with Crippen LogP contribution in [0.4, 0.5) is 20.4 Å². The van der Waals surface area contributed by atoms with Crippen LogP contribution in [-0.4, -0.2) is 33.6 Å². The van der Waals surface area contributed by atoms with Gasteiger partial charge in [-0.2, -0.15) is 4.39 Å². The minimum Gasteiger partial charge on any atom is -0.481 e. The molecule has 1 unspecified atom stereocenters. The van der Waals surface area contributed by atoms with E-state index in [1.54, 1.807) is 18.3 Å². The standard InChI is InChI=1S/C19H18F2N6O/c1-28-19-13(5-14(20)8-25-19)7-23-16-3-2-11(17(21)27-16)4-12-6-24-18-15(12)9-22-10-26-18/h2-3,5,8-10,12H,4,6-7H2,1H3,(H,23,27)(H,22,24,26).